The van der Waals surface area contributed by atoms with Gasteiger partial charge in [0.1, 0.15) is 0 Å². The lowest BCUT2D eigenvalue weighted by Gasteiger charge is -2.46. The summed E-state index contributed by atoms with van der Waals surface area (Å²) in [4.78, 5) is 5.03. The van der Waals surface area contributed by atoms with E-state index in [0.29, 0.717) is 0 Å². The molecule has 0 heterocycles. The highest BCUT2D eigenvalue weighted by atomic mass is 15.2. The summed E-state index contributed by atoms with van der Waals surface area (Å²) in [5.41, 5.74) is 16.3. The van der Waals surface area contributed by atoms with E-state index >= 15 is 0 Å². The van der Waals surface area contributed by atoms with Crippen molar-refractivity contribution in [2.75, 3.05) is 9.80 Å². The highest BCUT2D eigenvalue weighted by molar-refractivity contribution is 6.15. The molecule has 0 bridgehead atoms. The van der Waals surface area contributed by atoms with Crippen molar-refractivity contribution in [3.8, 4) is 22.3 Å². The Kier molecular flexibility index (Phi) is 8.88. The average Bonchev–Trinajstić information content (AvgIpc) is 3.86. The van der Waals surface area contributed by atoms with Gasteiger partial charge in [0.05, 0.1) is 22.7 Å². The number of hydrogen-bond donors (Lipinski definition) is 0. The van der Waals surface area contributed by atoms with Crippen LogP contribution < -0.4 is 9.80 Å². The molecule has 2 unspecified atom stereocenters. The van der Waals surface area contributed by atoms with Crippen molar-refractivity contribution in [1.82, 2.24) is 0 Å². The molecule has 0 spiro atoms. The minimum atomic E-state index is -0.559. The van der Waals surface area contributed by atoms with Crippen LogP contribution >= 0.6 is 0 Å². The molecule has 70 heavy (non-hydrogen) atoms. The van der Waals surface area contributed by atoms with E-state index in [-0.39, 0.29) is 0 Å². The normalized spacial score (nSPS) is 16.5. The van der Waals surface area contributed by atoms with Crippen molar-refractivity contribution in [3.63, 3.8) is 0 Å². The summed E-state index contributed by atoms with van der Waals surface area (Å²) in [6.07, 6.45) is 0. The Morgan fingerprint density at radius 1 is 0.257 bits per heavy atom. The summed E-state index contributed by atoms with van der Waals surface area (Å²) in [5.74, 6) is 0. The number of benzene rings is 12. The number of nitrogens with zero attached hydrogens (tertiary/aromatic N) is 2. The first-order chi connectivity index (χ1) is 34.5. The second-order valence-electron chi connectivity index (χ2n) is 19.4. The predicted octanol–water partition coefficient (Wildman–Crippen LogP) is 18.5. The molecule has 0 radical (unpaired) electrons. The van der Waals surface area contributed by atoms with Crippen LogP contribution in [0.2, 0.25) is 0 Å². The second-order valence-corrected chi connectivity index (χ2v) is 19.4. The maximum atomic E-state index is 2.58. The van der Waals surface area contributed by atoms with Crippen LogP contribution in [-0.2, 0) is 10.8 Å². The number of hydrogen-bond acceptors (Lipinski definition) is 2. The van der Waals surface area contributed by atoms with Gasteiger partial charge in [-0.3, -0.25) is 0 Å². The van der Waals surface area contributed by atoms with Crippen molar-refractivity contribution in [3.05, 3.63) is 277 Å². The van der Waals surface area contributed by atoms with Crippen molar-refractivity contribution < 1.29 is 0 Å². The molecule has 0 saturated heterocycles. The van der Waals surface area contributed by atoms with Crippen molar-refractivity contribution in [2.24, 2.45) is 0 Å². The summed E-state index contributed by atoms with van der Waals surface area (Å²) in [6.45, 7) is 5.11. The molecule has 12 aromatic rings. The Bertz CT molecular complexity index is 3790. The van der Waals surface area contributed by atoms with Crippen molar-refractivity contribution in [1.29, 1.82) is 0 Å². The molecule has 2 aliphatic carbocycles. The molecular weight excluding hydrogens is 845 g/mol. The third-order valence-electron chi connectivity index (χ3n) is 16.1. The lowest BCUT2D eigenvalue weighted by Crippen LogP contribution is -2.44. The minimum Gasteiger partial charge on any atom is -0.309 e. The predicted molar refractivity (Wildman–Crippen MR) is 296 cm³/mol. The summed E-state index contributed by atoms with van der Waals surface area (Å²) in [5, 5.41) is 9.80. The first kappa shape index (κ1) is 40.4. The molecule has 14 rings (SSSR count). The van der Waals surface area contributed by atoms with Gasteiger partial charge in [-0.2, -0.15) is 0 Å². The van der Waals surface area contributed by atoms with E-state index in [0.717, 1.165) is 34.1 Å². The van der Waals surface area contributed by atoms with Crippen LogP contribution in [0.25, 0.3) is 65.3 Å². The lowest BCUT2D eigenvalue weighted by molar-refractivity contribution is 0.376. The number of para-hydroxylation sites is 2. The maximum absolute atomic E-state index is 2.58. The first-order valence-corrected chi connectivity index (χ1v) is 24.5. The van der Waals surface area contributed by atoms with Gasteiger partial charge in [0.15, 0.2) is 0 Å². The molecule has 0 aliphatic heterocycles. The number of fused-ring (bicyclic) bond motifs is 12. The molecule has 0 aromatic heterocycles. The largest absolute Gasteiger partial charge is 0.309 e. The van der Waals surface area contributed by atoms with Crippen LogP contribution in [0.5, 0.6) is 0 Å². The van der Waals surface area contributed by atoms with Gasteiger partial charge >= 0.3 is 0 Å². The molecule has 2 nitrogen and oxygen atoms in total. The third kappa shape index (κ3) is 5.56. The van der Waals surface area contributed by atoms with E-state index < -0.39 is 10.8 Å². The highest BCUT2D eigenvalue weighted by Gasteiger charge is 2.58. The van der Waals surface area contributed by atoms with E-state index in [1.165, 1.54) is 87.6 Å². The van der Waals surface area contributed by atoms with E-state index in [2.05, 4.69) is 278 Å². The zero-order valence-electron chi connectivity index (χ0n) is 39.1. The summed E-state index contributed by atoms with van der Waals surface area (Å²) < 4.78 is 0. The van der Waals surface area contributed by atoms with Crippen LogP contribution in [-0.4, -0.2) is 0 Å². The number of rotatable bonds is 7. The zero-order chi connectivity index (χ0) is 46.6. The van der Waals surface area contributed by atoms with E-state index in [1.807, 2.05) is 0 Å². The third-order valence-corrected chi connectivity index (χ3v) is 16.1. The zero-order valence-corrected chi connectivity index (χ0v) is 39.1. The van der Waals surface area contributed by atoms with Gasteiger partial charge in [0.2, 0.25) is 0 Å². The monoisotopic (exact) mass is 892 g/mol. The molecule has 12 aromatic carbocycles. The van der Waals surface area contributed by atoms with Crippen LogP contribution in [0.3, 0.4) is 0 Å². The van der Waals surface area contributed by atoms with Gasteiger partial charge in [0, 0.05) is 43.7 Å². The summed E-state index contributed by atoms with van der Waals surface area (Å²) >= 11 is 0. The number of anilines is 6. The van der Waals surface area contributed by atoms with Gasteiger partial charge in [-0.25, -0.2) is 0 Å². The standard InChI is InChI=1S/C68H48N2/c1-67(57-39-19-17-37-55(57)65-53-35-15-13-33-51(53)63(43-59(65)67)69(47-27-5-3-6-28-47)61-41-21-25-45-23-9-11-31-49(45)61)68(2)58-40-20-18-38-56(58)66-54-36-16-14-34-52(54)64(44-60(66)68)70(48-29-7-4-8-30-48)62-42-22-26-46-24-10-12-32-50(46)62/h3-44H,1-2H3. The fourth-order valence-corrected chi connectivity index (χ4v) is 12.9. The Morgan fingerprint density at radius 2 is 0.586 bits per heavy atom. The van der Waals surface area contributed by atoms with Crippen molar-refractivity contribution >= 4 is 77.2 Å². The van der Waals surface area contributed by atoms with Gasteiger partial charge in [-0.15, -0.1) is 0 Å². The van der Waals surface area contributed by atoms with E-state index in [9.17, 15) is 0 Å². The van der Waals surface area contributed by atoms with Crippen LogP contribution in [0.1, 0.15) is 36.1 Å². The van der Waals surface area contributed by atoms with Crippen LogP contribution in [0, 0.1) is 0 Å². The molecule has 0 fully saturated rings. The Hall–Kier alpha value is -8.72. The quantitative estimate of drug-likeness (QED) is 0.157. The van der Waals surface area contributed by atoms with E-state index in [1.54, 1.807) is 0 Å². The molecule has 0 N–H and O–H groups in total. The molecule has 2 atom stereocenters. The molecule has 0 amide bonds. The molecule has 330 valence electrons. The SMILES string of the molecule is CC1(C2(C)c3ccccc3-c3c2cc(N(c2ccccc2)c2cccc4ccccc24)c2ccccc32)c2ccccc2-c2c1cc(N(c1ccccc1)c1cccc3ccccc13)c1ccccc21. The van der Waals surface area contributed by atoms with Gasteiger partial charge in [0.25, 0.3) is 0 Å². The molecule has 2 heteroatoms. The molecule has 0 saturated carbocycles. The van der Waals surface area contributed by atoms with Gasteiger partial charge < -0.3 is 9.80 Å². The van der Waals surface area contributed by atoms with Crippen molar-refractivity contribution in [2.45, 2.75) is 24.7 Å². The Balaban J connectivity index is 1.10. The topological polar surface area (TPSA) is 6.48 Å². The fraction of sp³-hybridized carbons (Fsp3) is 0.0588. The fourth-order valence-electron chi connectivity index (χ4n) is 12.9. The average molecular weight is 893 g/mol. The molecular formula is C68H48N2. The van der Waals surface area contributed by atoms with Gasteiger partial charge in [-0.1, -0.05) is 220 Å². The molecule has 2 aliphatic rings. The summed E-state index contributed by atoms with van der Waals surface area (Å²) in [6, 6.07) is 94.9. The summed E-state index contributed by atoms with van der Waals surface area (Å²) in [7, 11) is 0. The maximum Gasteiger partial charge on any atom is 0.0543 e. The lowest BCUT2D eigenvalue weighted by atomic mass is 9.56. The van der Waals surface area contributed by atoms with E-state index in [4.69, 9.17) is 0 Å². The first-order valence-electron chi connectivity index (χ1n) is 24.5. The van der Waals surface area contributed by atoms with Gasteiger partial charge in [-0.05, 0) is 115 Å². The minimum absolute atomic E-state index is 0.559. The second kappa shape index (κ2) is 15.4. The van der Waals surface area contributed by atoms with Crippen LogP contribution in [0.4, 0.5) is 34.1 Å². The van der Waals surface area contributed by atoms with Crippen LogP contribution in [0.15, 0.2) is 255 Å². The highest BCUT2D eigenvalue weighted by Crippen LogP contribution is 2.68. The Labute approximate surface area is 409 Å². The Morgan fingerprint density at radius 3 is 1.01 bits per heavy atom. The smallest absolute Gasteiger partial charge is 0.0543 e.